The molecule has 2 fully saturated rings. The molecule has 2 aliphatic rings. The molecule has 1 saturated heterocycles. The summed E-state index contributed by atoms with van der Waals surface area (Å²) in [6, 6.07) is 0. The van der Waals surface area contributed by atoms with E-state index in [9.17, 15) is 23.8 Å². The predicted molar refractivity (Wildman–Crippen MR) is 80.3 cm³/mol. The van der Waals surface area contributed by atoms with Crippen molar-refractivity contribution in [3.63, 3.8) is 0 Å². The van der Waals surface area contributed by atoms with Crippen molar-refractivity contribution in [2.24, 2.45) is 5.41 Å². The first-order chi connectivity index (χ1) is 10.4. The van der Waals surface area contributed by atoms with Gasteiger partial charge in [-0.05, 0) is 40.0 Å². The van der Waals surface area contributed by atoms with Crippen LogP contribution in [0.15, 0.2) is 0 Å². The lowest BCUT2D eigenvalue weighted by atomic mass is 9.64. The van der Waals surface area contributed by atoms with Crippen LogP contribution in [0.2, 0.25) is 0 Å². The van der Waals surface area contributed by atoms with Crippen molar-refractivity contribution >= 4 is 6.09 Å². The molecule has 1 unspecified atom stereocenters. The third-order valence-electron chi connectivity index (χ3n) is 5.10. The zero-order chi connectivity index (χ0) is 17.5. The Labute approximate surface area is 135 Å². The van der Waals surface area contributed by atoms with Crippen molar-refractivity contribution in [3.8, 4) is 0 Å². The van der Waals surface area contributed by atoms with E-state index in [2.05, 4.69) is 0 Å². The smallest absolute Gasteiger partial charge is 0.410 e. The second-order valence-electron chi connectivity index (χ2n) is 7.98. The van der Waals surface area contributed by atoms with Crippen LogP contribution in [-0.4, -0.2) is 58.0 Å². The highest BCUT2D eigenvalue weighted by molar-refractivity contribution is 5.68. The zero-order valence-corrected chi connectivity index (χ0v) is 14.1. The minimum absolute atomic E-state index is 0.0667. The monoisotopic (exact) mass is 335 g/mol. The first-order valence-corrected chi connectivity index (χ1v) is 8.11. The Morgan fingerprint density at radius 3 is 2.22 bits per heavy atom. The summed E-state index contributed by atoms with van der Waals surface area (Å²) < 4.78 is 32.1. The first kappa shape index (κ1) is 18.4. The molecular weight excluding hydrogens is 308 g/mol. The van der Waals surface area contributed by atoms with Gasteiger partial charge in [0.15, 0.2) is 0 Å². The van der Waals surface area contributed by atoms with Crippen molar-refractivity contribution in [3.05, 3.63) is 0 Å². The van der Waals surface area contributed by atoms with E-state index in [4.69, 9.17) is 4.74 Å². The van der Waals surface area contributed by atoms with Gasteiger partial charge in [-0.2, -0.15) is 0 Å². The van der Waals surface area contributed by atoms with Crippen LogP contribution in [0.25, 0.3) is 0 Å². The highest BCUT2D eigenvalue weighted by Gasteiger charge is 2.57. The fourth-order valence-electron chi connectivity index (χ4n) is 3.57. The third-order valence-corrected chi connectivity index (χ3v) is 5.10. The standard InChI is InChI=1S/C16H27F2NO4/c1-13(2,3)23-12(21)19-9-8-14(10-19,11-20)15(22)4-6-16(17,18)7-5-15/h20,22H,4-11H2,1-3H3. The number of halogens is 2. The van der Waals surface area contributed by atoms with Crippen molar-refractivity contribution < 1.29 is 28.5 Å². The van der Waals surface area contributed by atoms with Gasteiger partial charge < -0.3 is 19.8 Å². The number of hydrogen-bond donors (Lipinski definition) is 2. The molecule has 1 heterocycles. The average Bonchev–Trinajstić information content (AvgIpc) is 2.87. The maximum Gasteiger partial charge on any atom is 0.410 e. The molecule has 1 amide bonds. The van der Waals surface area contributed by atoms with Crippen LogP contribution in [0, 0.1) is 5.41 Å². The van der Waals surface area contributed by atoms with Gasteiger partial charge in [0.25, 0.3) is 0 Å². The van der Waals surface area contributed by atoms with E-state index in [0.29, 0.717) is 13.0 Å². The van der Waals surface area contributed by atoms with Gasteiger partial charge in [0, 0.05) is 31.3 Å². The van der Waals surface area contributed by atoms with E-state index < -0.39 is 41.5 Å². The van der Waals surface area contributed by atoms with Gasteiger partial charge in [0.1, 0.15) is 5.60 Å². The number of rotatable bonds is 2. The summed E-state index contributed by atoms with van der Waals surface area (Å²) in [5, 5.41) is 20.8. The number of alkyl halides is 2. The summed E-state index contributed by atoms with van der Waals surface area (Å²) in [5.41, 5.74) is -2.97. The van der Waals surface area contributed by atoms with Crippen LogP contribution in [0.1, 0.15) is 52.9 Å². The highest BCUT2D eigenvalue weighted by atomic mass is 19.3. The molecule has 0 aromatic rings. The average molecular weight is 335 g/mol. The second-order valence-corrected chi connectivity index (χ2v) is 7.98. The molecule has 0 spiro atoms. The summed E-state index contributed by atoms with van der Waals surface area (Å²) in [6.07, 6.45) is -1.04. The topological polar surface area (TPSA) is 70.0 Å². The molecule has 1 atom stereocenters. The van der Waals surface area contributed by atoms with Crippen LogP contribution >= 0.6 is 0 Å². The number of ether oxygens (including phenoxy) is 1. The molecule has 0 bridgehead atoms. The Kier molecular flexibility index (Phi) is 4.67. The largest absolute Gasteiger partial charge is 0.444 e. The molecule has 5 nitrogen and oxygen atoms in total. The molecule has 1 saturated carbocycles. The van der Waals surface area contributed by atoms with E-state index in [1.54, 1.807) is 20.8 Å². The minimum atomic E-state index is -2.76. The Morgan fingerprint density at radius 2 is 1.74 bits per heavy atom. The van der Waals surface area contributed by atoms with E-state index in [1.807, 2.05) is 0 Å². The molecule has 0 aromatic carbocycles. The number of likely N-dealkylation sites (tertiary alicyclic amines) is 1. The number of aliphatic hydroxyl groups is 2. The van der Waals surface area contributed by atoms with Crippen LogP contribution in [-0.2, 0) is 4.74 Å². The lowest BCUT2D eigenvalue weighted by molar-refractivity contribution is -0.167. The summed E-state index contributed by atoms with van der Waals surface area (Å²) in [6.45, 7) is 5.41. The molecule has 1 aliphatic heterocycles. The lowest BCUT2D eigenvalue weighted by Gasteiger charge is -2.47. The number of carbonyl (C=O) groups excluding carboxylic acids is 1. The van der Waals surface area contributed by atoms with Gasteiger partial charge in [0.2, 0.25) is 5.92 Å². The van der Waals surface area contributed by atoms with E-state index >= 15 is 0 Å². The van der Waals surface area contributed by atoms with E-state index in [0.717, 1.165) is 0 Å². The van der Waals surface area contributed by atoms with Crippen LogP contribution in [0.5, 0.6) is 0 Å². The number of aliphatic hydroxyl groups excluding tert-OH is 1. The fourth-order valence-corrected chi connectivity index (χ4v) is 3.57. The zero-order valence-electron chi connectivity index (χ0n) is 14.1. The third kappa shape index (κ3) is 3.76. The molecule has 23 heavy (non-hydrogen) atoms. The van der Waals surface area contributed by atoms with E-state index in [-0.39, 0.29) is 26.0 Å². The van der Waals surface area contributed by atoms with Gasteiger partial charge >= 0.3 is 6.09 Å². The van der Waals surface area contributed by atoms with Gasteiger partial charge in [0.05, 0.1) is 12.2 Å². The summed E-state index contributed by atoms with van der Waals surface area (Å²) in [4.78, 5) is 13.6. The number of amides is 1. The molecule has 2 rings (SSSR count). The molecule has 0 radical (unpaired) electrons. The van der Waals surface area contributed by atoms with Crippen molar-refractivity contribution in [1.29, 1.82) is 0 Å². The molecule has 7 heteroatoms. The van der Waals surface area contributed by atoms with Crippen molar-refractivity contribution in [2.75, 3.05) is 19.7 Å². The van der Waals surface area contributed by atoms with E-state index in [1.165, 1.54) is 4.90 Å². The number of hydrogen-bond acceptors (Lipinski definition) is 4. The van der Waals surface area contributed by atoms with Crippen molar-refractivity contribution in [2.45, 2.75) is 70.0 Å². The Bertz CT molecular complexity index is 453. The first-order valence-electron chi connectivity index (χ1n) is 8.11. The quantitative estimate of drug-likeness (QED) is 0.814. The maximum atomic E-state index is 13.4. The van der Waals surface area contributed by atoms with Gasteiger partial charge in [-0.15, -0.1) is 0 Å². The lowest BCUT2D eigenvalue weighted by Crippen LogP contribution is -2.55. The normalized spacial score (nSPS) is 30.3. The SMILES string of the molecule is CC(C)(C)OC(=O)N1CCC(CO)(C2(O)CCC(F)(F)CC2)C1. The molecule has 2 N–H and O–H groups in total. The van der Waals surface area contributed by atoms with Crippen LogP contribution in [0.3, 0.4) is 0 Å². The molecular formula is C16H27F2NO4. The van der Waals surface area contributed by atoms with Gasteiger partial charge in [-0.3, -0.25) is 0 Å². The Balaban J connectivity index is 2.10. The molecule has 134 valence electrons. The summed E-state index contributed by atoms with van der Waals surface area (Å²) in [5.74, 6) is -2.76. The number of carbonyl (C=O) groups is 1. The van der Waals surface area contributed by atoms with Gasteiger partial charge in [-0.1, -0.05) is 0 Å². The van der Waals surface area contributed by atoms with Crippen LogP contribution < -0.4 is 0 Å². The second kappa shape index (κ2) is 5.84. The summed E-state index contributed by atoms with van der Waals surface area (Å²) >= 11 is 0. The predicted octanol–water partition coefficient (Wildman–Crippen LogP) is 2.55. The fraction of sp³-hybridized carbons (Fsp3) is 0.938. The molecule has 0 aromatic heterocycles. The van der Waals surface area contributed by atoms with Crippen LogP contribution in [0.4, 0.5) is 13.6 Å². The summed E-state index contributed by atoms with van der Waals surface area (Å²) in [7, 11) is 0. The minimum Gasteiger partial charge on any atom is -0.444 e. The van der Waals surface area contributed by atoms with Crippen molar-refractivity contribution in [1.82, 2.24) is 4.90 Å². The maximum absolute atomic E-state index is 13.4. The number of nitrogens with zero attached hydrogens (tertiary/aromatic N) is 1. The molecule has 1 aliphatic carbocycles. The Hall–Kier alpha value is -0.950. The Morgan fingerprint density at radius 1 is 1.17 bits per heavy atom. The highest BCUT2D eigenvalue weighted by Crippen LogP contribution is 2.51. The van der Waals surface area contributed by atoms with Gasteiger partial charge in [-0.25, -0.2) is 13.6 Å².